The number of aromatic nitrogens is 6. The molecule has 0 amide bonds. The summed E-state index contributed by atoms with van der Waals surface area (Å²) in [6.45, 7) is 1.21. The van der Waals surface area contributed by atoms with Crippen LogP contribution in [0.2, 0.25) is 0 Å². The van der Waals surface area contributed by atoms with E-state index in [1.165, 1.54) is 31.2 Å². The fraction of sp³-hybridized carbons (Fsp3) is 0.0435. The van der Waals surface area contributed by atoms with Crippen molar-refractivity contribution in [2.24, 2.45) is 0 Å². The quantitative estimate of drug-likeness (QED) is 0.121. The average Bonchev–Trinajstić information content (AvgIpc) is 3.60. The molecule has 12 rings (SSSR count). The third kappa shape index (κ3) is 10.0. The summed E-state index contributed by atoms with van der Waals surface area (Å²) in [6, 6.07) is 85.0. The van der Waals surface area contributed by atoms with Crippen molar-refractivity contribution in [3.63, 3.8) is 0 Å². The van der Waals surface area contributed by atoms with Crippen molar-refractivity contribution in [1.82, 2.24) is 29.9 Å². The Bertz CT molecular complexity index is 3530. The Morgan fingerprint density at radius 2 is 0.359 bits per heavy atom. The molecule has 0 saturated heterocycles. The highest BCUT2D eigenvalue weighted by molar-refractivity contribution is 5.75. The molecule has 374 valence electrons. The molecule has 0 fully saturated rings. The first-order valence-electron chi connectivity index (χ1n) is 25.6. The van der Waals surface area contributed by atoms with Crippen molar-refractivity contribution < 1.29 is 13.2 Å². The van der Waals surface area contributed by atoms with E-state index in [0.29, 0.717) is 46.1 Å². The van der Waals surface area contributed by atoms with Crippen LogP contribution in [-0.2, 0) is 5.41 Å². The second-order valence-electron chi connectivity index (χ2n) is 19.2. The number of nitrogens with zero attached hydrogens (tertiary/aromatic N) is 6. The summed E-state index contributed by atoms with van der Waals surface area (Å²) in [5.41, 5.74) is 10.3. The van der Waals surface area contributed by atoms with Gasteiger partial charge in [0, 0.05) is 33.4 Å². The summed E-state index contributed by atoms with van der Waals surface area (Å²) >= 11 is 0. The molecule has 0 aliphatic heterocycles. The van der Waals surface area contributed by atoms with Crippen molar-refractivity contribution in [3.05, 3.63) is 278 Å². The standard InChI is InChI=1S/C69H47F3N6/c1-68(69(70,71)72,60-42-38-58(39-43-60)66-75-62(54-30-22-50(23-31-54)46-14-6-2-7-15-46)73-63(76-66)55-32-24-51(25-33-55)47-16-8-3-9-17-47)61-44-40-59(41-45-61)67-77-64(56-34-26-52(27-35-56)48-18-10-4-11-19-48)74-65(78-67)57-36-28-53(29-37-57)49-20-12-5-13-21-49/h2-45H,1H3. The molecule has 2 heterocycles. The number of hydrogen-bond acceptors (Lipinski definition) is 6. The Kier molecular flexibility index (Phi) is 13.1. The Hall–Kier alpha value is -9.99. The van der Waals surface area contributed by atoms with Crippen LogP contribution in [-0.4, -0.2) is 36.1 Å². The number of alkyl halides is 3. The van der Waals surface area contributed by atoms with Crippen molar-refractivity contribution >= 4 is 0 Å². The molecule has 0 atom stereocenters. The van der Waals surface area contributed by atoms with Gasteiger partial charge in [-0.3, -0.25) is 0 Å². The highest BCUT2D eigenvalue weighted by Gasteiger charge is 2.53. The fourth-order valence-corrected chi connectivity index (χ4v) is 9.70. The lowest BCUT2D eigenvalue weighted by Gasteiger charge is -2.33. The second-order valence-corrected chi connectivity index (χ2v) is 19.2. The van der Waals surface area contributed by atoms with Gasteiger partial charge in [-0.2, -0.15) is 13.2 Å². The SMILES string of the molecule is CC(c1ccc(-c2nc(-c3ccc(-c4ccccc4)cc3)nc(-c3ccc(-c4ccccc4)cc3)n2)cc1)(c1ccc(-c2nc(-c3ccc(-c4ccccc4)cc3)nc(-c3ccc(-c4ccccc4)cc3)n2)cc1)C(F)(F)F. The third-order valence-corrected chi connectivity index (χ3v) is 14.3. The van der Waals surface area contributed by atoms with Gasteiger partial charge in [0.2, 0.25) is 0 Å². The predicted molar refractivity (Wildman–Crippen MR) is 307 cm³/mol. The molecule has 78 heavy (non-hydrogen) atoms. The molecule has 10 aromatic carbocycles. The number of rotatable bonds is 12. The van der Waals surface area contributed by atoms with Crippen LogP contribution in [0.25, 0.3) is 113 Å². The van der Waals surface area contributed by atoms with Crippen molar-refractivity contribution in [2.75, 3.05) is 0 Å². The molecule has 9 heteroatoms. The molecule has 0 unspecified atom stereocenters. The van der Waals surface area contributed by atoms with E-state index in [1.807, 2.05) is 170 Å². The summed E-state index contributed by atoms with van der Waals surface area (Å²) in [7, 11) is 0. The lowest BCUT2D eigenvalue weighted by atomic mass is 9.75. The monoisotopic (exact) mass is 1020 g/mol. The maximum Gasteiger partial charge on any atom is 0.402 e. The third-order valence-electron chi connectivity index (χ3n) is 14.3. The molecule has 0 aliphatic carbocycles. The Morgan fingerprint density at radius 1 is 0.205 bits per heavy atom. The van der Waals surface area contributed by atoms with E-state index in [-0.39, 0.29) is 11.1 Å². The first-order chi connectivity index (χ1) is 38.1. The maximum absolute atomic E-state index is 15.8. The smallest absolute Gasteiger partial charge is 0.208 e. The Morgan fingerprint density at radius 3 is 0.538 bits per heavy atom. The zero-order valence-electron chi connectivity index (χ0n) is 42.2. The molecule has 12 aromatic rings. The second kappa shape index (κ2) is 21.0. The molecule has 0 bridgehead atoms. The fourth-order valence-electron chi connectivity index (χ4n) is 9.70. The molecule has 0 saturated carbocycles. The van der Waals surface area contributed by atoms with Crippen molar-refractivity contribution in [3.8, 4) is 113 Å². The van der Waals surface area contributed by atoms with Crippen LogP contribution < -0.4 is 0 Å². The Labute approximate surface area is 450 Å². The summed E-state index contributed by atoms with van der Waals surface area (Å²) < 4.78 is 47.3. The lowest BCUT2D eigenvalue weighted by molar-refractivity contribution is -0.173. The van der Waals surface area contributed by atoms with Crippen LogP contribution in [0, 0.1) is 0 Å². The van der Waals surface area contributed by atoms with Gasteiger partial charge in [0.05, 0.1) is 0 Å². The van der Waals surface area contributed by atoms with Gasteiger partial charge in [-0.05, 0) is 62.6 Å². The zero-order chi connectivity index (χ0) is 53.1. The van der Waals surface area contributed by atoms with Crippen LogP contribution in [0.3, 0.4) is 0 Å². The van der Waals surface area contributed by atoms with E-state index in [1.54, 1.807) is 24.3 Å². The largest absolute Gasteiger partial charge is 0.402 e. The average molecular weight is 1020 g/mol. The predicted octanol–water partition coefficient (Wildman–Crippen LogP) is 17.6. The molecule has 0 N–H and O–H groups in total. The number of hydrogen-bond donors (Lipinski definition) is 0. The van der Waals surface area contributed by atoms with E-state index in [0.717, 1.165) is 66.8 Å². The van der Waals surface area contributed by atoms with Crippen LogP contribution in [0.4, 0.5) is 13.2 Å². The van der Waals surface area contributed by atoms with Crippen LogP contribution >= 0.6 is 0 Å². The van der Waals surface area contributed by atoms with E-state index in [9.17, 15) is 0 Å². The van der Waals surface area contributed by atoms with Gasteiger partial charge < -0.3 is 0 Å². The van der Waals surface area contributed by atoms with Gasteiger partial charge in [0.15, 0.2) is 34.9 Å². The van der Waals surface area contributed by atoms with Gasteiger partial charge in [-0.25, -0.2) is 29.9 Å². The van der Waals surface area contributed by atoms with Crippen molar-refractivity contribution in [1.29, 1.82) is 0 Å². The van der Waals surface area contributed by atoms with E-state index in [4.69, 9.17) is 29.9 Å². The van der Waals surface area contributed by atoms with Crippen LogP contribution in [0.5, 0.6) is 0 Å². The molecular formula is C69H47F3N6. The van der Waals surface area contributed by atoms with Crippen molar-refractivity contribution in [2.45, 2.75) is 18.5 Å². The molecule has 2 aromatic heterocycles. The van der Waals surface area contributed by atoms with Crippen LogP contribution in [0.1, 0.15) is 18.1 Å². The van der Waals surface area contributed by atoms with Gasteiger partial charge >= 0.3 is 6.18 Å². The molecular weight excluding hydrogens is 970 g/mol. The van der Waals surface area contributed by atoms with E-state index < -0.39 is 11.6 Å². The lowest BCUT2D eigenvalue weighted by Crippen LogP contribution is -2.40. The van der Waals surface area contributed by atoms with Crippen LogP contribution in [0.15, 0.2) is 267 Å². The van der Waals surface area contributed by atoms with Gasteiger partial charge in [-0.15, -0.1) is 0 Å². The molecule has 0 radical (unpaired) electrons. The van der Waals surface area contributed by atoms with Gasteiger partial charge in [0.25, 0.3) is 0 Å². The first-order valence-corrected chi connectivity index (χ1v) is 25.6. The highest BCUT2D eigenvalue weighted by atomic mass is 19.4. The number of benzene rings is 10. The maximum atomic E-state index is 15.8. The first kappa shape index (κ1) is 48.9. The zero-order valence-corrected chi connectivity index (χ0v) is 42.2. The van der Waals surface area contributed by atoms with Gasteiger partial charge in [0.1, 0.15) is 5.41 Å². The normalized spacial score (nSPS) is 11.6. The van der Waals surface area contributed by atoms with E-state index >= 15 is 13.2 Å². The number of halogens is 3. The minimum atomic E-state index is -4.69. The molecule has 0 aliphatic rings. The molecule has 0 spiro atoms. The summed E-state index contributed by atoms with van der Waals surface area (Å²) in [4.78, 5) is 29.6. The summed E-state index contributed by atoms with van der Waals surface area (Å²) in [5, 5.41) is 0. The van der Waals surface area contributed by atoms with E-state index in [2.05, 4.69) is 48.5 Å². The minimum absolute atomic E-state index is 0.0524. The Balaban J connectivity index is 0.880. The molecule has 6 nitrogen and oxygen atoms in total. The minimum Gasteiger partial charge on any atom is -0.208 e. The topological polar surface area (TPSA) is 77.3 Å². The summed E-state index contributed by atoms with van der Waals surface area (Å²) in [5.74, 6) is 2.40. The van der Waals surface area contributed by atoms with Gasteiger partial charge in [-0.1, -0.05) is 267 Å². The highest BCUT2D eigenvalue weighted by Crippen LogP contribution is 2.47. The summed E-state index contributed by atoms with van der Waals surface area (Å²) in [6.07, 6.45) is -4.69.